The van der Waals surface area contributed by atoms with E-state index in [0.717, 1.165) is 19.4 Å². The minimum absolute atomic E-state index is 0.0757. The van der Waals surface area contributed by atoms with Gasteiger partial charge in [-0.3, -0.25) is 0 Å². The van der Waals surface area contributed by atoms with Crippen LogP contribution in [0.1, 0.15) is 26.2 Å². The average molecular weight is 263 g/mol. The van der Waals surface area contributed by atoms with Gasteiger partial charge in [0.05, 0.1) is 5.75 Å². The Morgan fingerprint density at radius 1 is 1.53 bits per heavy atom. The van der Waals surface area contributed by atoms with Crippen LogP contribution < -0.4 is 11.1 Å². The van der Waals surface area contributed by atoms with E-state index < -0.39 is 9.84 Å². The quantitative estimate of drug-likeness (QED) is 0.187. The van der Waals surface area contributed by atoms with Gasteiger partial charge < -0.3 is 16.3 Å². The van der Waals surface area contributed by atoms with E-state index in [1.54, 1.807) is 6.92 Å². The standard InChI is InChI=1S/C10H21N3O3S/c1-2-17(15,16)6-5-12-8-10(3-4-10)7-9(11)13-14/h12,14H,2-8H2,1H3,(H2,11,13). The molecule has 0 amide bonds. The number of rotatable bonds is 8. The summed E-state index contributed by atoms with van der Waals surface area (Å²) < 4.78 is 22.5. The maximum absolute atomic E-state index is 11.3. The molecule has 0 heterocycles. The van der Waals surface area contributed by atoms with Crippen molar-refractivity contribution < 1.29 is 13.6 Å². The largest absolute Gasteiger partial charge is 0.409 e. The van der Waals surface area contributed by atoms with Gasteiger partial charge >= 0.3 is 0 Å². The van der Waals surface area contributed by atoms with E-state index >= 15 is 0 Å². The fraction of sp³-hybridized carbons (Fsp3) is 0.900. The van der Waals surface area contributed by atoms with Crippen molar-refractivity contribution in [3.05, 3.63) is 0 Å². The van der Waals surface area contributed by atoms with Gasteiger partial charge in [-0.15, -0.1) is 0 Å². The van der Waals surface area contributed by atoms with Crippen LogP contribution >= 0.6 is 0 Å². The van der Waals surface area contributed by atoms with Crippen LogP contribution in [0, 0.1) is 5.41 Å². The summed E-state index contributed by atoms with van der Waals surface area (Å²) in [6.07, 6.45) is 2.64. The summed E-state index contributed by atoms with van der Waals surface area (Å²) in [7, 11) is -2.90. The van der Waals surface area contributed by atoms with Gasteiger partial charge in [0, 0.05) is 25.3 Å². The maximum atomic E-state index is 11.3. The molecule has 0 aromatic carbocycles. The molecule has 0 atom stereocenters. The molecule has 6 nitrogen and oxygen atoms in total. The molecule has 0 aromatic rings. The summed E-state index contributed by atoms with van der Waals surface area (Å²) in [6, 6.07) is 0. The van der Waals surface area contributed by atoms with E-state index in [1.807, 2.05) is 0 Å². The lowest BCUT2D eigenvalue weighted by atomic mass is 10.0. The molecule has 0 aliphatic heterocycles. The van der Waals surface area contributed by atoms with Crippen molar-refractivity contribution in [3.63, 3.8) is 0 Å². The van der Waals surface area contributed by atoms with Crippen molar-refractivity contribution in [1.29, 1.82) is 0 Å². The van der Waals surface area contributed by atoms with Crippen LogP contribution in [0.3, 0.4) is 0 Å². The molecular formula is C10H21N3O3S. The van der Waals surface area contributed by atoms with Gasteiger partial charge in [0.15, 0.2) is 9.84 Å². The van der Waals surface area contributed by atoms with E-state index in [4.69, 9.17) is 10.9 Å². The normalized spacial score (nSPS) is 19.2. The van der Waals surface area contributed by atoms with Gasteiger partial charge in [0.2, 0.25) is 0 Å². The lowest BCUT2D eigenvalue weighted by Gasteiger charge is -2.14. The van der Waals surface area contributed by atoms with Crippen molar-refractivity contribution >= 4 is 15.7 Å². The van der Waals surface area contributed by atoms with Gasteiger partial charge in [-0.05, 0) is 18.3 Å². The van der Waals surface area contributed by atoms with Crippen molar-refractivity contribution in [1.82, 2.24) is 5.32 Å². The average Bonchev–Trinajstić information content (AvgIpc) is 3.05. The van der Waals surface area contributed by atoms with Crippen LogP contribution in [0.5, 0.6) is 0 Å². The summed E-state index contributed by atoms with van der Waals surface area (Å²) in [4.78, 5) is 0. The highest BCUT2D eigenvalue weighted by Gasteiger charge is 2.42. The van der Waals surface area contributed by atoms with Gasteiger partial charge in [-0.2, -0.15) is 0 Å². The minimum atomic E-state index is -2.90. The number of nitrogens with two attached hydrogens (primary N) is 1. The number of amidine groups is 1. The van der Waals surface area contributed by atoms with E-state index in [9.17, 15) is 8.42 Å². The molecule has 1 rings (SSSR count). The van der Waals surface area contributed by atoms with Crippen LogP contribution in [-0.2, 0) is 9.84 Å². The Morgan fingerprint density at radius 3 is 2.65 bits per heavy atom. The Balaban J connectivity index is 2.23. The molecule has 4 N–H and O–H groups in total. The third-order valence-electron chi connectivity index (χ3n) is 3.17. The lowest BCUT2D eigenvalue weighted by Crippen LogP contribution is -2.31. The molecule has 0 unspecified atom stereocenters. The first kappa shape index (κ1) is 14.2. The molecule has 7 heteroatoms. The molecule has 0 spiro atoms. The maximum Gasteiger partial charge on any atom is 0.151 e. The van der Waals surface area contributed by atoms with Gasteiger partial charge in [-0.1, -0.05) is 12.1 Å². The van der Waals surface area contributed by atoms with Crippen LogP contribution in [0.4, 0.5) is 0 Å². The third-order valence-corrected chi connectivity index (χ3v) is 4.88. The van der Waals surface area contributed by atoms with Crippen LogP contribution in [0.15, 0.2) is 5.16 Å². The number of oxime groups is 1. The second-order valence-electron chi connectivity index (χ2n) is 4.68. The number of hydrogen-bond donors (Lipinski definition) is 3. The monoisotopic (exact) mass is 263 g/mol. The first-order chi connectivity index (χ1) is 7.93. The summed E-state index contributed by atoms with van der Waals surface area (Å²) >= 11 is 0. The van der Waals surface area contributed by atoms with Gasteiger partial charge in [0.1, 0.15) is 5.84 Å². The molecule has 100 valence electrons. The van der Waals surface area contributed by atoms with Crippen LogP contribution in [-0.4, -0.2) is 44.1 Å². The molecule has 1 fully saturated rings. The smallest absolute Gasteiger partial charge is 0.151 e. The number of nitrogens with one attached hydrogen (secondary N) is 1. The molecule has 1 saturated carbocycles. The second-order valence-corrected chi connectivity index (χ2v) is 7.15. The molecule has 17 heavy (non-hydrogen) atoms. The molecule has 0 saturated heterocycles. The highest BCUT2D eigenvalue weighted by Crippen LogP contribution is 2.48. The number of hydrogen-bond acceptors (Lipinski definition) is 5. The first-order valence-electron chi connectivity index (χ1n) is 5.80. The van der Waals surface area contributed by atoms with Crippen LogP contribution in [0.25, 0.3) is 0 Å². The van der Waals surface area contributed by atoms with Gasteiger partial charge in [-0.25, -0.2) is 8.42 Å². The molecule has 0 radical (unpaired) electrons. The van der Waals surface area contributed by atoms with Crippen molar-refractivity contribution in [2.75, 3.05) is 24.6 Å². The number of sulfone groups is 1. The molecule has 1 aliphatic rings. The Bertz CT molecular complexity index is 374. The zero-order valence-corrected chi connectivity index (χ0v) is 11.0. The lowest BCUT2D eigenvalue weighted by molar-refractivity contribution is 0.314. The van der Waals surface area contributed by atoms with Gasteiger partial charge in [0.25, 0.3) is 0 Å². The second kappa shape index (κ2) is 5.68. The Morgan fingerprint density at radius 2 is 2.18 bits per heavy atom. The SMILES string of the molecule is CCS(=O)(=O)CCNCC1(CC(N)=NO)CC1. The summed E-state index contributed by atoms with van der Waals surface area (Å²) in [5.74, 6) is 0.595. The Hall–Kier alpha value is -0.820. The van der Waals surface area contributed by atoms with Crippen molar-refractivity contribution in [2.45, 2.75) is 26.2 Å². The Kier molecular flexibility index (Phi) is 4.76. The van der Waals surface area contributed by atoms with E-state index in [2.05, 4.69) is 10.5 Å². The highest BCUT2D eigenvalue weighted by molar-refractivity contribution is 7.91. The Labute approximate surface area is 102 Å². The van der Waals surface area contributed by atoms with Crippen LogP contribution in [0.2, 0.25) is 0 Å². The zero-order chi connectivity index (χ0) is 12.9. The zero-order valence-electron chi connectivity index (χ0n) is 10.1. The summed E-state index contributed by atoms with van der Waals surface area (Å²) in [6.45, 7) is 2.84. The molecule has 1 aliphatic carbocycles. The molecular weight excluding hydrogens is 242 g/mol. The number of nitrogens with zero attached hydrogens (tertiary/aromatic N) is 1. The minimum Gasteiger partial charge on any atom is -0.409 e. The predicted octanol–water partition coefficient (Wildman–Crippen LogP) is -0.0726. The fourth-order valence-corrected chi connectivity index (χ4v) is 2.48. The fourth-order valence-electron chi connectivity index (χ4n) is 1.74. The topological polar surface area (TPSA) is 105 Å². The summed E-state index contributed by atoms with van der Waals surface area (Å²) in [5, 5.41) is 14.6. The first-order valence-corrected chi connectivity index (χ1v) is 7.63. The molecule has 0 aromatic heterocycles. The van der Waals surface area contributed by atoms with E-state index in [-0.39, 0.29) is 22.8 Å². The van der Waals surface area contributed by atoms with E-state index in [1.165, 1.54) is 0 Å². The van der Waals surface area contributed by atoms with Crippen molar-refractivity contribution in [2.24, 2.45) is 16.3 Å². The third kappa shape index (κ3) is 4.91. The van der Waals surface area contributed by atoms with E-state index in [0.29, 0.717) is 13.0 Å². The highest BCUT2D eigenvalue weighted by atomic mass is 32.2. The molecule has 0 bridgehead atoms. The summed E-state index contributed by atoms with van der Waals surface area (Å²) in [5.41, 5.74) is 5.55. The van der Waals surface area contributed by atoms with Crippen molar-refractivity contribution in [3.8, 4) is 0 Å². The predicted molar refractivity (Wildman–Crippen MR) is 66.9 cm³/mol.